The molecule has 2 rings (SSSR count). The van der Waals surface area contributed by atoms with E-state index in [2.05, 4.69) is 4.98 Å². The van der Waals surface area contributed by atoms with E-state index in [-0.39, 0.29) is 42.6 Å². The Hall–Kier alpha value is -1.84. The Kier molecular flexibility index (Phi) is 1.84. The summed E-state index contributed by atoms with van der Waals surface area (Å²) in [6.45, 7) is 3.44. The molecule has 0 bridgehead atoms. The SMILES string of the molecule is [2H]Cc1nc2c([2H])c([2H])c(C)cn2c1C(=O)OCC. The van der Waals surface area contributed by atoms with E-state index in [0.717, 1.165) is 0 Å². The Morgan fingerprint density at radius 1 is 1.69 bits per heavy atom. The highest BCUT2D eigenvalue weighted by Gasteiger charge is 2.17. The predicted molar refractivity (Wildman–Crippen MR) is 60.6 cm³/mol. The third-order valence-corrected chi connectivity index (χ3v) is 2.15. The van der Waals surface area contributed by atoms with Gasteiger partial charge in [0.25, 0.3) is 0 Å². The van der Waals surface area contributed by atoms with Gasteiger partial charge in [0.15, 0.2) is 5.69 Å². The van der Waals surface area contributed by atoms with Crippen molar-refractivity contribution in [2.75, 3.05) is 6.61 Å². The monoisotopic (exact) mass is 221 g/mol. The molecule has 0 fully saturated rings. The van der Waals surface area contributed by atoms with E-state index in [4.69, 9.17) is 8.85 Å². The van der Waals surface area contributed by atoms with Crippen LogP contribution in [-0.2, 0) is 4.74 Å². The number of imidazole rings is 1. The van der Waals surface area contributed by atoms with Gasteiger partial charge in [-0.05, 0) is 32.4 Å². The van der Waals surface area contributed by atoms with Crippen LogP contribution in [-0.4, -0.2) is 22.0 Å². The fraction of sp³-hybridized carbons (Fsp3) is 0.333. The number of carbonyl (C=O) groups is 1. The van der Waals surface area contributed by atoms with Gasteiger partial charge in [-0.2, -0.15) is 0 Å². The molecule has 0 saturated heterocycles. The van der Waals surface area contributed by atoms with Crippen molar-refractivity contribution in [3.63, 3.8) is 0 Å². The van der Waals surface area contributed by atoms with Crippen LogP contribution in [0.15, 0.2) is 18.3 Å². The number of aromatic nitrogens is 2. The minimum atomic E-state index is -0.561. The van der Waals surface area contributed by atoms with Gasteiger partial charge >= 0.3 is 5.97 Å². The fourth-order valence-corrected chi connectivity index (χ4v) is 1.49. The summed E-state index contributed by atoms with van der Waals surface area (Å²) in [6, 6.07) is 0.0229. The lowest BCUT2D eigenvalue weighted by Crippen LogP contribution is -2.09. The molecule has 0 radical (unpaired) electrons. The van der Waals surface area contributed by atoms with Gasteiger partial charge in [0.2, 0.25) is 0 Å². The Balaban J connectivity index is 2.78. The number of hydrogen-bond acceptors (Lipinski definition) is 3. The van der Waals surface area contributed by atoms with E-state index in [9.17, 15) is 4.79 Å². The molecule has 2 aromatic heterocycles. The number of fused-ring (bicyclic) bond motifs is 1. The number of aryl methyl sites for hydroxylation is 2. The summed E-state index contributed by atoms with van der Waals surface area (Å²) < 4.78 is 29.4. The molecular formula is C12H14N2O2. The van der Waals surface area contributed by atoms with Gasteiger partial charge in [-0.15, -0.1) is 0 Å². The maximum atomic E-state index is 11.9. The van der Waals surface area contributed by atoms with Crippen LogP contribution in [0.25, 0.3) is 5.65 Å². The van der Waals surface area contributed by atoms with Gasteiger partial charge in [-0.25, -0.2) is 9.78 Å². The molecular weight excluding hydrogens is 204 g/mol. The van der Waals surface area contributed by atoms with Gasteiger partial charge in [-0.3, -0.25) is 4.40 Å². The Bertz CT molecular complexity index is 652. The Morgan fingerprint density at radius 3 is 3.19 bits per heavy atom. The summed E-state index contributed by atoms with van der Waals surface area (Å²) in [7, 11) is 0. The second-order valence-electron chi connectivity index (χ2n) is 3.38. The van der Waals surface area contributed by atoms with Crippen LogP contribution in [0.2, 0.25) is 0 Å². The zero-order chi connectivity index (χ0) is 14.2. The molecule has 84 valence electrons. The second kappa shape index (κ2) is 3.96. The van der Waals surface area contributed by atoms with E-state index >= 15 is 0 Å². The number of nitrogens with zero attached hydrogens (tertiary/aromatic N) is 2. The first-order valence-electron chi connectivity index (χ1n) is 6.66. The first-order chi connectivity index (χ1) is 9.01. The highest BCUT2D eigenvalue weighted by atomic mass is 16.5. The van der Waals surface area contributed by atoms with Crippen molar-refractivity contribution in [3.05, 3.63) is 35.2 Å². The molecule has 0 unspecified atom stereocenters. The molecule has 16 heavy (non-hydrogen) atoms. The van der Waals surface area contributed by atoms with Crippen molar-refractivity contribution in [2.45, 2.75) is 20.7 Å². The molecule has 0 spiro atoms. The molecule has 4 heteroatoms. The maximum Gasteiger partial charge on any atom is 0.357 e. The van der Waals surface area contributed by atoms with E-state index < -0.39 is 5.97 Å². The lowest BCUT2D eigenvalue weighted by atomic mass is 10.3. The molecule has 0 aromatic carbocycles. The summed E-state index contributed by atoms with van der Waals surface area (Å²) in [5.74, 6) is -0.561. The van der Waals surface area contributed by atoms with Gasteiger partial charge in [0.1, 0.15) is 5.65 Å². The fourth-order valence-electron chi connectivity index (χ4n) is 1.49. The van der Waals surface area contributed by atoms with Gasteiger partial charge in [0.05, 0.1) is 15.0 Å². The molecule has 0 amide bonds. The second-order valence-corrected chi connectivity index (χ2v) is 3.38. The average molecular weight is 221 g/mol. The first kappa shape index (κ1) is 7.44. The van der Waals surface area contributed by atoms with Crippen molar-refractivity contribution in [1.82, 2.24) is 9.38 Å². The zero-order valence-corrected chi connectivity index (χ0v) is 9.20. The topological polar surface area (TPSA) is 43.6 Å². The third-order valence-electron chi connectivity index (χ3n) is 2.15. The number of ether oxygens (including phenoxy) is 1. The van der Waals surface area contributed by atoms with Crippen LogP contribution in [0.3, 0.4) is 0 Å². The molecule has 0 aliphatic rings. The maximum absolute atomic E-state index is 11.9. The van der Waals surface area contributed by atoms with E-state index in [1.54, 1.807) is 20.0 Å². The van der Waals surface area contributed by atoms with Crippen LogP contribution < -0.4 is 0 Å². The van der Waals surface area contributed by atoms with Crippen molar-refractivity contribution in [1.29, 1.82) is 0 Å². The molecule has 0 saturated carbocycles. The summed E-state index contributed by atoms with van der Waals surface area (Å²) in [5, 5.41) is 0. The van der Waals surface area contributed by atoms with Crippen molar-refractivity contribution >= 4 is 11.6 Å². The standard InChI is InChI=1S/C12H14N2O2/c1-4-16-12(15)11-9(3)13-10-6-5-8(2)7-14(10)11/h5-7H,4H2,1-3H3/i3D,5D,6D. The largest absolute Gasteiger partial charge is 0.461 e. The predicted octanol–water partition coefficient (Wildman–Crippen LogP) is 2.13. The van der Waals surface area contributed by atoms with E-state index in [0.29, 0.717) is 5.56 Å². The van der Waals surface area contributed by atoms with Crippen molar-refractivity contribution < 1.29 is 13.6 Å². The van der Waals surface area contributed by atoms with Crippen LogP contribution in [0.4, 0.5) is 0 Å². The van der Waals surface area contributed by atoms with E-state index in [1.165, 1.54) is 4.40 Å². The summed E-state index contributed by atoms with van der Waals surface area (Å²) in [4.78, 5) is 16.0. The third kappa shape index (κ3) is 1.66. The minimum absolute atomic E-state index is 0.0507. The normalized spacial score (nSPS) is 13.2. The lowest BCUT2D eigenvalue weighted by molar-refractivity contribution is 0.0517. The molecule has 2 aromatic rings. The van der Waals surface area contributed by atoms with Gasteiger partial charge < -0.3 is 4.74 Å². The highest BCUT2D eigenvalue weighted by molar-refractivity contribution is 5.90. The van der Waals surface area contributed by atoms with Crippen LogP contribution in [0.5, 0.6) is 0 Å². The molecule has 2 heterocycles. The summed E-state index contributed by atoms with van der Waals surface area (Å²) >= 11 is 0. The smallest absolute Gasteiger partial charge is 0.357 e. The molecule has 0 atom stereocenters. The van der Waals surface area contributed by atoms with Crippen molar-refractivity contribution in [3.8, 4) is 0 Å². The molecule has 0 aliphatic heterocycles. The number of rotatable bonds is 2. The van der Waals surface area contributed by atoms with Gasteiger partial charge in [0, 0.05) is 7.57 Å². The first-order valence-corrected chi connectivity index (χ1v) is 4.95. The molecule has 0 aliphatic carbocycles. The Labute approximate surface area is 98.1 Å². The average Bonchev–Trinajstić information content (AvgIpc) is 2.75. The summed E-state index contributed by atoms with van der Waals surface area (Å²) in [5.41, 5.74) is 1.21. The van der Waals surface area contributed by atoms with E-state index in [1.807, 2.05) is 0 Å². The Morgan fingerprint density at radius 2 is 2.50 bits per heavy atom. The van der Waals surface area contributed by atoms with Crippen LogP contribution in [0, 0.1) is 13.8 Å². The van der Waals surface area contributed by atoms with Crippen LogP contribution in [0.1, 0.15) is 32.8 Å². The lowest BCUT2D eigenvalue weighted by Gasteiger charge is -2.03. The molecule has 4 nitrogen and oxygen atoms in total. The number of pyridine rings is 1. The number of carbonyl (C=O) groups excluding carboxylic acids is 1. The summed E-state index contributed by atoms with van der Waals surface area (Å²) in [6.07, 6.45) is 1.58. The van der Waals surface area contributed by atoms with Crippen LogP contribution >= 0.6 is 0 Å². The number of esters is 1. The zero-order valence-electron chi connectivity index (χ0n) is 12.2. The molecule has 0 N–H and O–H groups in total. The van der Waals surface area contributed by atoms with Gasteiger partial charge in [-0.1, -0.05) is 6.04 Å². The highest BCUT2D eigenvalue weighted by Crippen LogP contribution is 2.14. The van der Waals surface area contributed by atoms with Crippen molar-refractivity contribution in [2.24, 2.45) is 0 Å². The quantitative estimate of drug-likeness (QED) is 0.730. The minimum Gasteiger partial charge on any atom is -0.461 e. The number of hydrogen-bond donors (Lipinski definition) is 0.